The molecule has 1 aromatic heterocycles. The summed E-state index contributed by atoms with van der Waals surface area (Å²) >= 11 is 13.8. The normalized spacial score (nSPS) is 12.7. The van der Waals surface area contributed by atoms with Gasteiger partial charge in [0.1, 0.15) is 0 Å². The molecule has 0 fully saturated rings. The van der Waals surface area contributed by atoms with Crippen LogP contribution in [0.2, 0.25) is 5.02 Å². The molecule has 0 aliphatic heterocycles. The molecule has 2 aromatic rings. The van der Waals surface area contributed by atoms with E-state index in [2.05, 4.69) is 62.8 Å². The Hall–Kier alpha value is 0.420. The number of alkyl halides is 1. The highest BCUT2D eigenvalue weighted by Crippen LogP contribution is 2.38. The fourth-order valence-electron chi connectivity index (χ4n) is 1.30. The number of thiophene rings is 1. The molecular weight excluding hydrogens is 406 g/mol. The lowest BCUT2D eigenvalue weighted by atomic mass is 10.1. The minimum absolute atomic E-state index is 0.194. The smallest absolute Gasteiger partial charge is 0.0753 e. The summed E-state index contributed by atoms with van der Waals surface area (Å²) < 4.78 is 1.24. The molecule has 0 spiro atoms. The molecule has 1 atom stereocenters. The van der Waals surface area contributed by atoms with Crippen molar-refractivity contribution in [3.63, 3.8) is 0 Å². The third-order valence-electron chi connectivity index (χ3n) is 2.02. The van der Waals surface area contributed by atoms with Crippen molar-refractivity contribution < 1.29 is 0 Å². The van der Waals surface area contributed by atoms with E-state index >= 15 is 0 Å². The second-order valence-electron chi connectivity index (χ2n) is 3.05. The van der Waals surface area contributed by atoms with Gasteiger partial charge in [-0.1, -0.05) is 39.7 Å². The Morgan fingerprint density at radius 1 is 1.33 bits per heavy atom. The highest BCUT2D eigenvalue weighted by molar-refractivity contribution is 14.1. The van der Waals surface area contributed by atoms with Crippen LogP contribution in [0.5, 0.6) is 0 Å². The molecule has 0 nitrogen and oxygen atoms in total. The Labute approximate surface area is 120 Å². The standard InChI is InChI=1S/C11H7BrClIS/c12-10(11-9(13)4-5-15-11)7-2-1-3-8(14)6-7/h1-6,10H. The first kappa shape index (κ1) is 11.9. The fourth-order valence-corrected chi connectivity index (χ4v) is 4.02. The van der Waals surface area contributed by atoms with E-state index in [0.29, 0.717) is 0 Å². The van der Waals surface area contributed by atoms with Crippen LogP contribution in [0.4, 0.5) is 0 Å². The van der Waals surface area contributed by atoms with Gasteiger partial charge in [-0.3, -0.25) is 0 Å². The first-order valence-corrected chi connectivity index (χ1v) is 7.56. The Morgan fingerprint density at radius 2 is 2.13 bits per heavy atom. The lowest BCUT2D eigenvalue weighted by Gasteiger charge is -2.09. The Bertz CT molecular complexity index is 469. The van der Waals surface area contributed by atoms with Gasteiger partial charge in [-0.25, -0.2) is 0 Å². The molecule has 2 rings (SSSR count). The van der Waals surface area contributed by atoms with Crippen LogP contribution in [0.1, 0.15) is 15.3 Å². The molecule has 78 valence electrons. The van der Waals surface area contributed by atoms with Crippen LogP contribution in [0, 0.1) is 3.57 Å². The van der Waals surface area contributed by atoms with Gasteiger partial charge in [0.25, 0.3) is 0 Å². The van der Waals surface area contributed by atoms with E-state index in [1.54, 1.807) is 11.3 Å². The van der Waals surface area contributed by atoms with E-state index in [4.69, 9.17) is 11.6 Å². The number of halogens is 3. The van der Waals surface area contributed by atoms with Crippen LogP contribution in [0.3, 0.4) is 0 Å². The summed E-state index contributed by atoms with van der Waals surface area (Å²) in [7, 11) is 0. The molecule has 1 aromatic carbocycles. The molecule has 0 aliphatic carbocycles. The first-order chi connectivity index (χ1) is 7.18. The van der Waals surface area contributed by atoms with Gasteiger partial charge in [-0.05, 0) is 51.7 Å². The van der Waals surface area contributed by atoms with Gasteiger partial charge in [0, 0.05) is 8.45 Å². The van der Waals surface area contributed by atoms with Crippen molar-refractivity contribution in [1.29, 1.82) is 0 Å². The lowest BCUT2D eigenvalue weighted by Crippen LogP contribution is -1.90. The third kappa shape index (κ3) is 2.75. The zero-order valence-electron chi connectivity index (χ0n) is 7.58. The molecule has 0 saturated carbocycles. The SMILES string of the molecule is Clc1ccsc1C(Br)c1cccc(I)c1. The van der Waals surface area contributed by atoms with Crippen molar-refractivity contribution >= 4 is 61.5 Å². The summed E-state index contributed by atoms with van der Waals surface area (Å²) in [6, 6.07) is 10.4. The summed E-state index contributed by atoms with van der Waals surface area (Å²) in [6.45, 7) is 0. The molecule has 1 unspecified atom stereocenters. The zero-order valence-corrected chi connectivity index (χ0v) is 12.9. The summed E-state index contributed by atoms with van der Waals surface area (Å²) in [5.41, 5.74) is 1.24. The number of hydrogen-bond acceptors (Lipinski definition) is 1. The van der Waals surface area contributed by atoms with Crippen molar-refractivity contribution in [1.82, 2.24) is 0 Å². The quantitative estimate of drug-likeness (QED) is 0.451. The molecule has 1 heterocycles. The summed E-state index contributed by atoms with van der Waals surface area (Å²) in [5.74, 6) is 0. The molecule has 0 radical (unpaired) electrons. The molecule has 0 N–H and O–H groups in total. The number of hydrogen-bond donors (Lipinski definition) is 0. The average Bonchev–Trinajstić information content (AvgIpc) is 2.63. The fraction of sp³-hybridized carbons (Fsp3) is 0.0909. The Kier molecular flexibility index (Phi) is 4.10. The van der Waals surface area contributed by atoms with Crippen LogP contribution in [0.15, 0.2) is 35.7 Å². The van der Waals surface area contributed by atoms with Crippen molar-refractivity contribution in [3.8, 4) is 0 Å². The van der Waals surface area contributed by atoms with Gasteiger partial charge in [0.15, 0.2) is 0 Å². The second-order valence-corrected chi connectivity index (χ2v) is 6.57. The minimum Gasteiger partial charge on any atom is -0.146 e. The molecule has 0 saturated heterocycles. The average molecular weight is 414 g/mol. The van der Waals surface area contributed by atoms with E-state index in [-0.39, 0.29) is 4.83 Å². The summed E-state index contributed by atoms with van der Waals surface area (Å²) in [6.07, 6.45) is 0. The Balaban J connectivity index is 2.36. The third-order valence-corrected chi connectivity index (χ3v) is 5.40. The summed E-state index contributed by atoms with van der Waals surface area (Å²) in [4.78, 5) is 1.36. The van der Waals surface area contributed by atoms with E-state index in [9.17, 15) is 0 Å². The molecule has 15 heavy (non-hydrogen) atoms. The molecule has 0 amide bonds. The highest BCUT2D eigenvalue weighted by atomic mass is 127. The zero-order chi connectivity index (χ0) is 10.8. The Morgan fingerprint density at radius 3 is 2.73 bits per heavy atom. The van der Waals surface area contributed by atoms with Gasteiger partial charge < -0.3 is 0 Å². The molecular formula is C11H7BrClIS. The van der Waals surface area contributed by atoms with Crippen LogP contribution >= 0.6 is 61.5 Å². The van der Waals surface area contributed by atoms with Crippen LogP contribution in [0.25, 0.3) is 0 Å². The largest absolute Gasteiger partial charge is 0.146 e. The minimum atomic E-state index is 0.194. The lowest BCUT2D eigenvalue weighted by molar-refractivity contribution is 1.22. The van der Waals surface area contributed by atoms with E-state index < -0.39 is 0 Å². The number of rotatable bonds is 2. The van der Waals surface area contributed by atoms with Crippen LogP contribution in [-0.4, -0.2) is 0 Å². The van der Waals surface area contributed by atoms with Crippen molar-refractivity contribution in [2.24, 2.45) is 0 Å². The highest BCUT2D eigenvalue weighted by Gasteiger charge is 2.14. The predicted octanol–water partition coefficient (Wildman–Crippen LogP) is 5.49. The molecule has 0 aliphatic rings. The topological polar surface area (TPSA) is 0 Å². The molecule has 0 bridgehead atoms. The van der Waals surface area contributed by atoms with E-state index in [1.165, 1.54) is 14.0 Å². The van der Waals surface area contributed by atoms with Gasteiger partial charge >= 0.3 is 0 Å². The van der Waals surface area contributed by atoms with Crippen LogP contribution < -0.4 is 0 Å². The molecule has 4 heteroatoms. The van der Waals surface area contributed by atoms with Crippen molar-refractivity contribution in [3.05, 3.63) is 54.7 Å². The van der Waals surface area contributed by atoms with Gasteiger partial charge in [0.2, 0.25) is 0 Å². The van der Waals surface area contributed by atoms with Crippen molar-refractivity contribution in [2.45, 2.75) is 4.83 Å². The van der Waals surface area contributed by atoms with E-state index in [1.807, 2.05) is 11.4 Å². The van der Waals surface area contributed by atoms with Gasteiger partial charge in [-0.15, -0.1) is 11.3 Å². The van der Waals surface area contributed by atoms with Crippen LogP contribution in [-0.2, 0) is 0 Å². The maximum absolute atomic E-state index is 6.10. The van der Waals surface area contributed by atoms with Gasteiger partial charge in [-0.2, -0.15) is 0 Å². The number of benzene rings is 1. The summed E-state index contributed by atoms with van der Waals surface area (Å²) in [5, 5.41) is 2.85. The maximum atomic E-state index is 6.10. The maximum Gasteiger partial charge on any atom is 0.0753 e. The monoisotopic (exact) mass is 412 g/mol. The second kappa shape index (κ2) is 5.17. The first-order valence-electron chi connectivity index (χ1n) is 4.31. The van der Waals surface area contributed by atoms with E-state index in [0.717, 1.165) is 5.02 Å². The predicted molar refractivity (Wildman–Crippen MR) is 79.3 cm³/mol. The van der Waals surface area contributed by atoms with Crippen molar-refractivity contribution in [2.75, 3.05) is 0 Å². The van der Waals surface area contributed by atoms with Gasteiger partial charge in [0.05, 0.1) is 9.85 Å².